The van der Waals surface area contributed by atoms with Gasteiger partial charge in [0.15, 0.2) is 0 Å². The van der Waals surface area contributed by atoms with Crippen LogP contribution in [-0.2, 0) is 41.6 Å². The van der Waals surface area contributed by atoms with Gasteiger partial charge in [-0.25, -0.2) is 0 Å². The second kappa shape index (κ2) is 21.4. The number of nitrogens with one attached hydrogen (secondary N) is 2. The Morgan fingerprint density at radius 1 is 1.10 bits per heavy atom. The molecule has 1 unspecified atom stereocenters. The zero-order valence-corrected chi connectivity index (χ0v) is 44.4. The third-order valence-electron chi connectivity index (χ3n) is 14.6. The molecule has 1 spiro atoms. The van der Waals surface area contributed by atoms with Crippen LogP contribution < -0.4 is 8.96 Å². The van der Waals surface area contributed by atoms with Gasteiger partial charge in [0.05, 0.1) is 0 Å². The number of amides is 5. The minimum absolute atomic E-state index is 0.156. The summed E-state index contributed by atoms with van der Waals surface area (Å²) < 4.78 is 23.9. The number of halogens is 1. The van der Waals surface area contributed by atoms with E-state index in [0.29, 0.717) is 75.9 Å². The van der Waals surface area contributed by atoms with E-state index in [4.69, 9.17) is 19.2 Å². The number of piperidine rings is 1. The summed E-state index contributed by atoms with van der Waals surface area (Å²) in [5, 5.41) is 2.66. The molecule has 2 aromatic heterocycles. The van der Waals surface area contributed by atoms with Gasteiger partial charge in [0.25, 0.3) is 0 Å². The number of hydrogen-bond donors (Lipinski definition) is 2. The Bertz CT molecular complexity index is 2520. The molecular weight excluding hydrogens is 1010 g/mol. The maximum atomic E-state index is 14.9. The summed E-state index contributed by atoms with van der Waals surface area (Å²) in [5.74, 6) is -1.25. The van der Waals surface area contributed by atoms with Crippen LogP contribution >= 0.6 is 20.1 Å². The number of hydrogen-bond acceptors (Lipinski definition) is 11. The number of hydrazine groups is 1. The summed E-state index contributed by atoms with van der Waals surface area (Å²) >= 11 is -3.19. The summed E-state index contributed by atoms with van der Waals surface area (Å²) in [6.45, 7) is 19.8. The number of likely N-dealkylation sites (N-methyl/N-ethyl adjacent to an activating group) is 1. The Balaban J connectivity index is 1.09. The SMILES string of the molecule is C=CC(=O)N1COC2(CCN(C(=O)N(C)[C@H](C(=O)NI3CN4CCC=C(C4)c4ccc5c(c4)c(c(-c4cccnc4[C@H](C)OC)n5CC)CC(C)(C)COC(=O)[C@@H]4CCCN(N4)C3=O)C(C)C)CC2)C1. The summed E-state index contributed by atoms with van der Waals surface area (Å²) in [6.07, 6.45) is 8.71. The van der Waals surface area contributed by atoms with Crippen molar-refractivity contribution >= 4 is 64.3 Å². The second-order valence-corrected chi connectivity index (χ2v) is 24.8. The van der Waals surface area contributed by atoms with Gasteiger partial charge in [-0.15, -0.1) is 0 Å². The molecule has 70 heavy (non-hydrogen) atoms. The molecule has 380 valence electrons. The van der Waals surface area contributed by atoms with E-state index in [9.17, 15) is 24.0 Å². The molecule has 3 fully saturated rings. The first-order chi connectivity index (χ1) is 33.5. The van der Waals surface area contributed by atoms with Crippen molar-refractivity contribution in [1.82, 2.24) is 43.1 Å². The number of alkyl halides is 1. The van der Waals surface area contributed by atoms with Gasteiger partial charge < -0.3 is 4.74 Å². The Kier molecular flexibility index (Phi) is 15.8. The number of fused-ring (bicyclic) bond motifs is 6. The quantitative estimate of drug-likeness (QED) is 0.0425. The molecule has 1 aromatic carbocycles. The van der Waals surface area contributed by atoms with Gasteiger partial charge >= 0.3 is 380 Å². The molecule has 5 aliphatic heterocycles. The number of nitrogens with zero attached hydrogens (tertiary/aromatic N) is 7. The van der Waals surface area contributed by atoms with Gasteiger partial charge in [-0.05, 0) is 13.0 Å². The number of benzene rings is 1. The van der Waals surface area contributed by atoms with Gasteiger partial charge in [-0.3, -0.25) is 4.79 Å². The number of carbonyl (C=O) groups excluding carboxylic acids is 5. The molecule has 2 N–H and O–H groups in total. The average molecular weight is 1080 g/mol. The number of aryl methyl sites for hydroxylation is 1. The van der Waals surface area contributed by atoms with Crippen molar-refractivity contribution in [2.24, 2.45) is 11.3 Å². The van der Waals surface area contributed by atoms with Gasteiger partial charge in [0, 0.05) is 13.3 Å². The van der Waals surface area contributed by atoms with Crippen molar-refractivity contribution in [2.45, 2.75) is 110 Å². The van der Waals surface area contributed by atoms with Crippen molar-refractivity contribution in [2.75, 3.05) is 71.3 Å². The maximum absolute atomic E-state index is 14.9. The van der Waals surface area contributed by atoms with Crippen LogP contribution in [0.4, 0.5) is 9.59 Å². The van der Waals surface area contributed by atoms with E-state index < -0.39 is 49.2 Å². The number of pyridine rings is 1. The standard InChI is InChI=1S/C52H72IN9O8/c1-10-43(63)60-30-52(70-33-60)20-25-59(26-21-52)50(67)57(8)45(34(3)4)47(64)55-53-32-58-23-13-15-37(29-58)36-18-19-42-39(27-36)40(46(61(42)11-2)38-16-12-22-54-44(38)35(5)68-9)28-51(6,7)31-69-48(65)41-17-14-24-62(56-41)49(53)66/h10,12,15-16,18-19,22,27,34-35,41,45,56H,1,11,13-14,17,20-21,23-26,28-33H2,2-9H3,(H,55,64)/t35-,41-,45-/m0/s1. The zero-order valence-electron chi connectivity index (χ0n) is 42.2. The Labute approximate surface area is 420 Å². The van der Waals surface area contributed by atoms with E-state index in [2.05, 4.69) is 76.1 Å². The molecule has 3 saturated heterocycles. The molecule has 0 radical (unpaired) electrons. The van der Waals surface area contributed by atoms with Gasteiger partial charge in [-0.2, -0.15) is 0 Å². The second-order valence-electron chi connectivity index (χ2n) is 20.6. The van der Waals surface area contributed by atoms with E-state index >= 15 is 0 Å². The van der Waals surface area contributed by atoms with Gasteiger partial charge in [-0.1, -0.05) is 6.58 Å². The first-order valence-electron chi connectivity index (χ1n) is 24.8. The zero-order chi connectivity index (χ0) is 50.1. The van der Waals surface area contributed by atoms with E-state index in [1.54, 1.807) is 29.0 Å². The fourth-order valence-electron chi connectivity index (χ4n) is 10.8. The fourth-order valence-corrected chi connectivity index (χ4v) is 15.1. The van der Waals surface area contributed by atoms with E-state index in [1.165, 1.54) is 11.0 Å². The molecule has 7 heterocycles. The molecule has 3 aromatic rings. The molecule has 5 amide bonds. The number of aromatic nitrogens is 2. The molecule has 5 aliphatic rings. The summed E-state index contributed by atoms with van der Waals surface area (Å²) in [5.41, 5.74) is 9.65. The third-order valence-corrected chi connectivity index (χ3v) is 19.1. The number of ether oxygens (including phenoxy) is 3. The first kappa shape index (κ1) is 51.5. The van der Waals surface area contributed by atoms with Crippen LogP contribution in [0.2, 0.25) is 0 Å². The number of methoxy groups -OCH3 is 1. The molecule has 4 atom stereocenters. The number of esters is 1. The van der Waals surface area contributed by atoms with Crippen LogP contribution in [0.1, 0.15) is 96.6 Å². The number of rotatable bonds is 9. The van der Waals surface area contributed by atoms with Crippen molar-refractivity contribution in [3.8, 4) is 11.3 Å². The van der Waals surface area contributed by atoms with E-state index in [0.717, 1.165) is 57.5 Å². The Morgan fingerprint density at radius 2 is 1.87 bits per heavy atom. The van der Waals surface area contributed by atoms with Gasteiger partial charge in [0.1, 0.15) is 0 Å². The number of carbonyl (C=O) groups is 5. The van der Waals surface area contributed by atoms with E-state index in [-0.39, 0.29) is 47.1 Å². The molecule has 18 heteroatoms. The number of likely N-dealkylation sites (tertiary alicyclic amines) is 1. The van der Waals surface area contributed by atoms with E-state index in [1.807, 2.05) is 33.0 Å². The van der Waals surface area contributed by atoms with Crippen molar-refractivity contribution in [3.63, 3.8) is 0 Å². The number of urea groups is 1. The van der Waals surface area contributed by atoms with Crippen LogP contribution in [0.25, 0.3) is 27.7 Å². The molecule has 6 bridgehead atoms. The van der Waals surface area contributed by atoms with Crippen LogP contribution in [0.3, 0.4) is 0 Å². The van der Waals surface area contributed by atoms with Crippen LogP contribution in [-0.4, -0.2) is 151 Å². The Hall–Kier alpha value is -4.89. The minimum atomic E-state index is -3.19. The van der Waals surface area contributed by atoms with Gasteiger partial charge in [0.2, 0.25) is 0 Å². The normalized spacial score (nSPS) is 23.1. The fraction of sp³-hybridized carbons (Fsp3) is 0.577. The summed E-state index contributed by atoms with van der Waals surface area (Å²) in [4.78, 5) is 82.1. The molecule has 0 aliphatic carbocycles. The number of cyclic esters (lactones) is 1. The topological polar surface area (TPSA) is 171 Å². The average Bonchev–Trinajstić information content (AvgIpc) is 3.91. The predicted octanol–water partition coefficient (Wildman–Crippen LogP) is 7.14. The summed E-state index contributed by atoms with van der Waals surface area (Å²) in [6, 6.07) is 8.90. The molecular formula is C52H72IN9O8. The molecule has 17 nitrogen and oxygen atoms in total. The molecule has 0 saturated carbocycles. The van der Waals surface area contributed by atoms with Crippen LogP contribution in [0.5, 0.6) is 0 Å². The first-order valence-corrected chi connectivity index (χ1v) is 28.5. The van der Waals surface area contributed by atoms with Crippen molar-refractivity contribution in [1.29, 1.82) is 0 Å². The van der Waals surface area contributed by atoms with Crippen LogP contribution in [0.15, 0.2) is 55.3 Å². The van der Waals surface area contributed by atoms with Crippen LogP contribution in [0, 0.1) is 11.3 Å². The van der Waals surface area contributed by atoms with Crippen molar-refractivity contribution in [3.05, 3.63) is 72.1 Å². The predicted molar refractivity (Wildman–Crippen MR) is 277 cm³/mol. The third kappa shape index (κ3) is 10.7. The molecule has 8 rings (SSSR count). The monoisotopic (exact) mass is 1080 g/mol. The van der Waals surface area contributed by atoms with Crippen molar-refractivity contribution < 1.29 is 38.2 Å². The Morgan fingerprint density at radius 3 is 2.59 bits per heavy atom. The summed E-state index contributed by atoms with van der Waals surface area (Å²) in [7, 11) is 3.36.